The van der Waals surface area contributed by atoms with E-state index >= 15 is 0 Å². The van der Waals surface area contributed by atoms with Gasteiger partial charge in [-0.15, -0.1) is 0 Å². The average molecular weight is 556 g/mol. The molecule has 7 nitrogen and oxygen atoms in total. The predicted molar refractivity (Wildman–Crippen MR) is 160 cm³/mol. The number of likely N-dealkylation sites (N-methyl/N-ethyl adjacent to an activating group) is 1. The third-order valence-electron chi connectivity index (χ3n) is 8.68. The number of para-hydroxylation sites is 1. The number of piperazine rings is 1. The highest BCUT2D eigenvalue weighted by atomic mass is 35.5. The number of aldehydes is 1. The number of carbonyl (C=O) groups excluding carboxylic acids is 2. The van der Waals surface area contributed by atoms with E-state index in [1.807, 2.05) is 73.6 Å². The van der Waals surface area contributed by atoms with E-state index in [2.05, 4.69) is 32.7 Å². The predicted octanol–water partition coefficient (Wildman–Crippen LogP) is 4.65. The standard InChI is InChI=1S/C32H34ClN5O2/c1-35-19-26(24-8-5-6-10-27(24)35)31-30(25-9-4-3-7-23(25)29(20-39)36(31)2)32(40)38-15-13-37(14-16-38)28-17-22(33)12-11-21(28)18-34/h3-12,17,19-20,29-31H,13-16,18,34H2,1-2H3. The molecule has 4 aromatic rings. The molecule has 3 atom stereocenters. The number of fused-ring (bicyclic) bond motifs is 2. The second-order valence-electron chi connectivity index (χ2n) is 10.8. The number of benzene rings is 3. The molecule has 3 unspecified atom stereocenters. The van der Waals surface area contributed by atoms with Gasteiger partial charge in [-0.25, -0.2) is 0 Å². The molecule has 0 radical (unpaired) electrons. The SMILES string of the molecule is CN1C(C=O)c2ccccc2C(C(=O)N2CCN(c3cc(Cl)ccc3CN)CC2)C1c1cn(C)c2ccccc12. The first-order chi connectivity index (χ1) is 19.4. The molecule has 8 heteroatoms. The van der Waals surface area contributed by atoms with Gasteiger partial charge in [-0.2, -0.15) is 0 Å². The zero-order valence-corrected chi connectivity index (χ0v) is 23.6. The van der Waals surface area contributed by atoms with Crippen molar-refractivity contribution in [3.63, 3.8) is 0 Å². The smallest absolute Gasteiger partial charge is 0.232 e. The number of anilines is 1. The number of aryl methyl sites for hydroxylation is 1. The second-order valence-corrected chi connectivity index (χ2v) is 11.2. The lowest BCUT2D eigenvalue weighted by molar-refractivity contribution is -0.136. The van der Waals surface area contributed by atoms with Gasteiger partial charge in [0.1, 0.15) is 6.29 Å². The van der Waals surface area contributed by atoms with Crippen LogP contribution in [0.25, 0.3) is 10.9 Å². The number of carbonyl (C=O) groups is 2. The summed E-state index contributed by atoms with van der Waals surface area (Å²) >= 11 is 6.31. The molecule has 1 aromatic heterocycles. The summed E-state index contributed by atoms with van der Waals surface area (Å²) in [6.45, 7) is 3.01. The molecular weight excluding hydrogens is 522 g/mol. The Kier molecular flexibility index (Phi) is 7.13. The van der Waals surface area contributed by atoms with Gasteiger partial charge in [-0.3, -0.25) is 9.69 Å². The number of nitrogens with two attached hydrogens (primary N) is 1. The maximum Gasteiger partial charge on any atom is 0.232 e. The molecule has 2 aliphatic heterocycles. The van der Waals surface area contributed by atoms with Crippen LogP contribution in [0.3, 0.4) is 0 Å². The summed E-state index contributed by atoms with van der Waals surface area (Å²) in [4.78, 5) is 33.3. The Morgan fingerprint density at radius 3 is 2.38 bits per heavy atom. The first-order valence-corrected chi connectivity index (χ1v) is 14.1. The Bertz CT molecular complexity index is 1570. The van der Waals surface area contributed by atoms with Crippen molar-refractivity contribution in [2.24, 2.45) is 12.8 Å². The molecule has 3 heterocycles. The van der Waals surface area contributed by atoms with Crippen LogP contribution in [0.15, 0.2) is 72.9 Å². The molecule has 6 rings (SSSR count). The summed E-state index contributed by atoms with van der Waals surface area (Å²) in [5.41, 5.74) is 12.1. The Labute approximate surface area is 239 Å². The van der Waals surface area contributed by atoms with E-state index in [-0.39, 0.29) is 11.9 Å². The van der Waals surface area contributed by atoms with E-state index in [1.54, 1.807) is 0 Å². The van der Waals surface area contributed by atoms with E-state index in [0.29, 0.717) is 37.7 Å². The second kappa shape index (κ2) is 10.7. The van der Waals surface area contributed by atoms with E-state index in [1.165, 1.54) is 0 Å². The van der Waals surface area contributed by atoms with Gasteiger partial charge in [0.15, 0.2) is 0 Å². The highest BCUT2D eigenvalue weighted by Crippen LogP contribution is 2.49. The lowest BCUT2D eigenvalue weighted by atomic mass is 9.76. The van der Waals surface area contributed by atoms with Crippen molar-refractivity contribution in [3.05, 3.63) is 100 Å². The fraction of sp³-hybridized carbons (Fsp3) is 0.312. The van der Waals surface area contributed by atoms with Crippen LogP contribution in [0.5, 0.6) is 0 Å². The van der Waals surface area contributed by atoms with E-state index in [0.717, 1.165) is 45.1 Å². The number of amides is 1. The summed E-state index contributed by atoms with van der Waals surface area (Å²) in [6.07, 6.45) is 3.11. The van der Waals surface area contributed by atoms with Gasteiger partial charge in [-0.05, 0) is 47.5 Å². The maximum atomic E-state index is 14.5. The van der Waals surface area contributed by atoms with Crippen molar-refractivity contribution < 1.29 is 9.59 Å². The zero-order chi connectivity index (χ0) is 28.0. The third kappa shape index (κ3) is 4.38. The Hall–Kier alpha value is -3.65. The molecule has 40 heavy (non-hydrogen) atoms. The van der Waals surface area contributed by atoms with Crippen LogP contribution in [-0.2, 0) is 23.2 Å². The van der Waals surface area contributed by atoms with Crippen LogP contribution in [-0.4, -0.2) is 59.8 Å². The monoisotopic (exact) mass is 555 g/mol. The van der Waals surface area contributed by atoms with Crippen molar-refractivity contribution in [1.29, 1.82) is 0 Å². The minimum Gasteiger partial charge on any atom is -0.368 e. The van der Waals surface area contributed by atoms with Crippen LogP contribution in [0.4, 0.5) is 5.69 Å². The van der Waals surface area contributed by atoms with Gasteiger partial charge < -0.3 is 24.9 Å². The largest absolute Gasteiger partial charge is 0.368 e. The molecule has 1 saturated heterocycles. The lowest BCUT2D eigenvalue weighted by Crippen LogP contribution is -2.53. The number of hydrogen-bond acceptors (Lipinski definition) is 5. The van der Waals surface area contributed by atoms with Crippen LogP contribution in [0.1, 0.15) is 40.3 Å². The summed E-state index contributed by atoms with van der Waals surface area (Å²) < 4.78 is 2.11. The highest BCUT2D eigenvalue weighted by molar-refractivity contribution is 6.30. The number of rotatable bonds is 5. The van der Waals surface area contributed by atoms with Crippen molar-refractivity contribution >= 4 is 40.4 Å². The zero-order valence-electron chi connectivity index (χ0n) is 22.8. The summed E-state index contributed by atoms with van der Waals surface area (Å²) in [5, 5.41) is 1.78. The van der Waals surface area contributed by atoms with Gasteiger partial charge in [0.2, 0.25) is 5.91 Å². The molecule has 206 valence electrons. The fourth-order valence-corrected chi connectivity index (χ4v) is 6.84. The van der Waals surface area contributed by atoms with Gasteiger partial charge >= 0.3 is 0 Å². The van der Waals surface area contributed by atoms with Crippen LogP contribution in [0.2, 0.25) is 5.02 Å². The van der Waals surface area contributed by atoms with Crippen LogP contribution in [0, 0.1) is 0 Å². The topological polar surface area (TPSA) is 74.8 Å². The molecular formula is C32H34ClN5O2. The van der Waals surface area contributed by atoms with E-state index in [9.17, 15) is 9.59 Å². The first kappa shape index (κ1) is 26.6. The number of hydrogen-bond donors (Lipinski definition) is 1. The van der Waals surface area contributed by atoms with Crippen molar-refractivity contribution in [2.45, 2.75) is 24.5 Å². The van der Waals surface area contributed by atoms with E-state index in [4.69, 9.17) is 17.3 Å². The fourth-order valence-electron chi connectivity index (χ4n) is 6.67. The van der Waals surface area contributed by atoms with Gasteiger partial charge in [0, 0.05) is 67.6 Å². The molecule has 1 fully saturated rings. The highest BCUT2D eigenvalue weighted by Gasteiger charge is 2.45. The molecule has 2 N–H and O–H groups in total. The Balaban J connectivity index is 1.38. The van der Waals surface area contributed by atoms with Crippen LogP contribution < -0.4 is 10.6 Å². The lowest BCUT2D eigenvalue weighted by Gasteiger charge is -2.46. The quantitative estimate of drug-likeness (QED) is 0.363. The third-order valence-corrected chi connectivity index (χ3v) is 8.92. The average Bonchev–Trinajstić information content (AvgIpc) is 3.32. The van der Waals surface area contributed by atoms with Gasteiger partial charge in [-0.1, -0.05) is 60.1 Å². The minimum absolute atomic E-state index is 0.0892. The normalized spacial score (nSPS) is 21.4. The van der Waals surface area contributed by atoms with E-state index < -0.39 is 12.0 Å². The maximum absolute atomic E-state index is 14.5. The number of halogens is 1. The van der Waals surface area contributed by atoms with Gasteiger partial charge in [0.25, 0.3) is 0 Å². The molecule has 0 spiro atoms. The summed E-state index contributed by atoms with van der Waals surface area (Å²) in [7, 11) is 3.99. The molecule has 0 saturated carbocycles. The van der Waals surface area contributed by atoms with Gasteiger partial charge in [0.05, 0.1) is 18.0 Å². The number of aromatic nitrogens is 1. The Morgan fingerprint density at radius 2 is 1.65 bits per heavy atom. The van der Waals surface area contributed by atoms with Crippen LogP contribution >= 0.6 is 11.6 Å². The first-order valence-electron chi connectivity index (χ1n) is 13.7. The Morgan fingerprint density at radius 1 is 0.950 bits per heavy atom. The van der Waals surface area contributed by atoms with Crippen molar-refractivity contribution in [2.75, 3.05) is 38.1 Å². The minimum atomic E-state index is -0.444. The summed E-state index contributed by atoms with van der Waals surface area (Å²) in [6, 6.07) is 21.3. The molecule has 1 amide bonds. The van der Waals surface area contributed by atoms with Crippen molar-refractivity contribution in [1.82, 2.24) is 14.4 Å². The molecule has 0 aliphatic carbocycles. The molecule has 0 bridgehead atoms. The number of nitrogens with zero attached hydrogens (tertiary/aromatic N) is 4. The van der Waals surface area contributed by atoms with Crippen molar-refractivity contribution in [3.8, 4) is 0 Å². The summed E-state index contributed by atoms with van der Waals surface area (Å²) in [5.74, 6) is -0.355. The molecule has 3 aromatic carbocycles. The molecule has 2 aliphatic rings.